The lowest BCUT2D eigenvalue weighted by Gasteiger charge is -2.09. The van der Waals surface area contributed by atoms with Crippen LogP contribution in [0.5, 0.6) is 11.5 Å². The number of aromatic amines is 1. The number of nitrogens with one attached hydrogen (secondary N) is 1. The topological polar surface area (TPSA) is 47.1 Å². The molecule has 4 heteroatoms. The minimum absolute atomic E-state index is 0.693. The Morgan fingerprint density at radius 2 is 1.88 bits per heavy atom. The maximum absolute atomic E-state index is 5.30. The van der Waals surface area contributed by atoms with Crippen LogP contribution >= 0.6 is 0 Å². The summed E-state index contributed by atoms with van der Waals surface area (Å²) in [6, 6.07) is 5.83. The van der Waals surface area contributed by atoms with E-state index in [4.69, 9.17) is 9.47 Å². The van der Waals surface area contributed by atoms with Crippen molar-refractivity contribution in [1.29, 1.82) is 0 Å². The van der Waals surface area contributed by atoms with E-state index in [-0.39, 0.29) is 0 Å². The van der Waals surface area contributed by atoms with Crippen LogP contribution in [0.1, 0.15) is 0 Å². The Bertz CT molecular complexity index is 688. The van der Waals surface area contributed by atoms with E-state index in [1.54, 1.807) is 14.2 Å². The molecule has 2 heterocycles. The van der Waals surface area contributed by atoms with E-state index in [1.165, 1.54) is 0 Å². The van der Waals surface area contributed by atoms with E-state index in [0.29, 0.717) is 11.5 Å². The first-order valence-corrected chi connectivity index (χ1v) is 5.31. The first kappa shape index (κ1) is 9.96. The van der Waals surface area contributed by atoms with Gasteiger partial charge < -0.3 is 14.5 Å². The largest absolute Gasteiger partial charge is 0.493 e. The van der Waals surface area contributed by atoms with Gasteiger partial charge in [-0.15, -0.1) is 0 Å². The van der Waals surface area contributed by atoms with Crippen molar-refractivity contribution < 1.29 is 9.47 Å². The number of ether oxygens (including phenoxy) is 2. The van der Waals surface area contributed by atoms with Gasteiger partial charge in [-0.3, -0.25) is 4.98 Å². The molecule has 86 valence electrons. The summed E-state index contributed by atoms with van der Waals surface area (Å²) in [4.78, 5) is 7.63. The van der Waals surface area contributed by atoms with Gasteiger partial charge in [0.25, 0.3) is 0 Å². The highest BCUT2D eigenvalue weighted by molar-refractivity contribution is 6.04. The molecule has 0 amide bonds. The molecule has 0 bridgehead atoms. The normalized spacial score (nSPS) is 10.9. The van der Waals surface area contributed by atoms with Crippen molar-refractivity contribution in [3.05, 3.63) is 30.6 Å². The number of H-pyrrole nitrogens is 1. The summed E-state index contributed by atoms with van der Waals surface area (Å²) in [6.07, 6.45) is 3.75. The van der Waals surface area contributed by atoms with Crippen molar-refractivity contribution in [3.63, 3.8) is 0 Å². The Labute approximate surface area is 98.2 Å². The van der Waals surface area contributed by atoms with E-state index < -0.39 is 0 Å². The second-order valence-electron chi connectivity index (χ2n) is 3.79. The molecule has 3 rings (SSSR count). The lowest BCUT2D eigenvalue weighted by molar-refractivity contribution is 0.356. The van der Waals surface area contributed by atoms with E-state index in [0.717, 1.165) is 21.8 Å². The number of hydrogen-bond acceptors (Lipinski definition) is 3. The summed E-state index contributed by atoms with van der Waals surface area (Å²) in [5, 5.41) is 2.12. The van der Waals surface area contributed by atoms with E-state index in [1.807, 2.05) is 30.6 Å². The van der Waals surface area contributed by atoms with Gasteiger partial charge in [0.2, 0.25) is 0 Å². The van der Waals surface area contributed by atoms with Crippen molar-refractivity contribution in [2.24, 2.45) is 0 Å². The Kier molecular flexibility index (Phi) is 2.14. The van der Waals surface area contributed by atoms with E-state index in [2.05, 4.69) is 9.97 Å². The van der Waals surface area contributed by atoms with Crippen molar-refractivity contribution in [1.82, 2.24) is 9.97 Å². The van der Waals surface area contributed by atoms with Gasteiger partial charge in [-0.2, -0.15) is 0 Å². The number of nitrogens with zero attached hydrogens (tertiary/aromatic N) is 1. The van der Waals surface area contributed by atoms with Gasteiger partial charge in [0.05, 0.1) is 25.3 Å². The molecule has 0 saturated heterocycles. The molecule has 3 aromatic rings. The number of aromatic nitrogens is 2. The van der Waals surface area contributed by atoms with E-state index >= 15 is 0 Å². The third-order valence-electron chi connectivity index (χ3n) is 2.89. The van der Waals surface area contributed by atoms with Crippen LogP contribution in [0, 0.1) is 0 Å². The Morgan fingerprint density at radius 1 is 1.12 bits per heavy atom. The highest BCUT2D eigenvalue weighted by atomic mass is 16.5. The van der Waals surface area contributed by atoms with Gasteiger partial charge in [0.15, 0.2) is 11.5 Å². The average Bonchev–Trinajstić information content (AvgIpc) is 2.85. The van der Waals surface area contributed by atoms with Crippen LogP contribution in [-0.2, 0) is 0 Å². The molecule has 0 aliphatic carbocycles. The quantitative estimate of drug-likeness (QED) is 0.733. The number of fused-ring (bicyclic) bond motifs is 3. The van der Waals surface area contributed by atoms with Crippen LogP contribution in [0.25, 0.3) is 21.8 Å². The minimum Gasteiger partial charge on any atom is -0.493 e. The van der Waals surface area contributed by atoms with Crippen molar-refractivity contribution in [2.45, 2.75) is 0 Å². The van der Waals surface area contributed by atoms with Crippen LogP contribution in [0.15, 0.2) is 30.6 Å². The van der Waals surface area contributed by atoms with Gasteiger partial charge in [-0.05, 0) is 12.1 Å². The van der Waals surface area contributed by atoms with Gasteiger partial charge in [-0.1, -0.05) is 0 Å². The molecule has 1 N–H and O–H groups in total. The highest BCUT2D eigenvalue weighted by Gasteiger charge is 2.09. The predicted molar refractivity (Wildman–Crippen MR) is 66.7 cm³/mol. The molecular formula is C13H12N2O2. The third-order valence-corrected chi connectivity index (χ3v) is 2.89. The van der Waals surface area contributed by atoms with Gasteiger partial charge in [0, 0.05) is 29.2 Å². The Morgan fingerprint density at radius 3 is 2.65 bits per heavy atom. The molecule has 0 radical (unpaired) electrons. The maximum atomic E-state index is 5.30. The zero-order chi connectivity index (χ0) is 11.8. The first-order valence-electron chi connectivity index (χ1n) is 5.31. The molecule has 0 fully saturated rings. The zero-order valence-electron chi connectivity index (χ0n) is 9.65. The molecule has 0 spiro atoms. The summed E-state index contributed by atoms with van der Waals surface area (Å²) in [5.41, 5.74) is 1.95. The lowest BCUT2D eigenvalue weighted by atomic mass is 10.1. The molecule has 2 aromatic heterocycles. The van der Waals surface area contributed by atoms with Crippen LogP contribution in [0.3, 0.4) is 0 Å². The van der Waals surface area contributed by atoms with Gasteiger partial charge in [0.1, 0.15) is 0 Å². The molecular weight excluding hydrogens is 216 g/mol. The number of benzene rings is 1. The fourth-order valence-corrected chi connectivity index (χ4v) is 2.04. The van der Waals surface area contributed by atoms with Crippen molar-refractivity contribution >= 4 is 21.8 Å². The number of hydrogen-bond donors (Lipinski definition) is 1. The third kappa shape index (κ3) is 1.41. The van der Waals surface area contributed by atoms with Crippen molar-refractivity contribution in [2.75, 3.05) is 14.2 Å². The van der Waals surface area contributed by atoms with Crippen LogP contribution < -0.4 is 9.47 Å². The predicted octanol–water partition coefficient (Wildman–Crippen LogP) is 2.73. The first-order chi connectivity index (χ1) is 8.33. The summed E-state index contributed by atoms with van der Waals surface area (Å²) in [5.74, 6) is 1.40. The zero-order valence-corrected chi connectivity index (χ0v) is 9.65. The molecule has 4 nitrogen and oxygen atoms in total. The fourth-order valence-electron chi connectivity index (χ4n) is 2.04. The van der Waals surface area contributed by atoms with E-state index in [9.17, 15) is 0 Å². The maximum Gasteiger partial charge on any atom is 0.162 e. The smallest absolute Gasteiger partial charge is 0.162 e. The Balaban J connectivity index is 2.42. The summed E-state index contributed by atoms with van der Waals surface area (Å²) in [7, 11) is 3.25. The molecule has 0 unspecified atom stereocenters. The van der Waals surface area contributed by atoms with Crippen LogP contribution in [-0.4, -0.2) is 24.2 Å². The highest BCUT2D eigenvalue weighted by Crippen LogP contribution is 2.33. The molecule has 0 aliphatic rings. The molecule has 17 heavy (non-hydrogen) atoms. The van der Waals surface area contributed by atoms with Gasteiger partial charge in [-0.25, -0.2) is 0 Å². The lowest BCUT2D eigenvalue weighted by Crippen LogP contribution is -1.91. The number of rotatable bonds is 2. The summed E-state index contributed by atoms with van der Waals surface area (Å²) in [6.45, 7) is 0. The second kappa shape index (κ2) is 3.66. The monoisotopic (exact) mass is 228 g/mol. The Hall–Kier alpha value is -2.23. The minimum atomic E-state index is 0.693. The second-order valence-corrected chi connectivity index (χ2v) is 3.79. The van der Waals surface area contributed by atoms with Crippen molar-refractivity contribution in [3.8, 4) is 11.5 Å². The molecule has 0 aliphatic heterocycles. The van der Waals surface area contributed by atoms with Crippen LogP contribution in [0.2, 0.25) is 0 Å². The SMILES string of the molecule is COc1cc2ncc3cc[nH]c3c2cc1OC. The summed E-state index contributed by atoms with van der Waals surface area (Å²) < 4.78 is 10.6. The standard InChI is InChI=1S/C13H12N2O2/c1-16-11-5-9-10(6-12(11)17-2)15-7-8-3-4-14-13(8)9/h3-7,14H,1-2H3. The molecule has 1 aromatic carbocycles. The molecule has 0 atom stereocenters. The number of methoxy groups -OCH3 is 2. The number of pyridine rings is 1. The van der Waals surface area contributed by atoms with Gasteiger partial charge >= 0.3 is 0 Å². The fraction of sp³-hybridized carbons (Fsp3) is 0.154. The molecule has 0 saturated carbocycles. The summed E-state index contributed by atoms with van der Waals surface area (Å²) >= 11 is 0. The average molecular weight is 228 g/mol. The van der Waals surface area contributed by atoms with Crippen LogP contribution in [0.4, 0.5) is 0 Å².